The van der Waals surface area contributed by atoms with E-state index in [2.05, 4.69) is 15.7 Å². The highest BCUT2D eigenvalue weighted by molar-refractivity contribution is 6.31. The van der Waals surface area contributed by atoms with Crippen LogP contribution in [0.15, 0.2) is 48.5 Å². The number of hydrogen-bond donors (Lipinski definition) is 2. The Morgan fingerprint density at radius 2 is 1.93 bits per heavy atom. The topological polar surface area (TPSA) is 76.0 Å². The lowest BCUT2D eigenvalue weighted by Crippen LogP contribution is -2.23. The fourth-order valence-electron chi connectivity index (χ4n) is 3.30. The van der Waals surface area contributed by atoms with E-state index in [0.29, 0.717) is 21.6 Å². The number of rotatable bonds is 4. The van der Waals surface area contributed by atoms with E-state index in [0.717, 1.165) is 16.8 Å². The predicted molar refractivity (Wildman–Crippen MR) is 110 cm³/mol. The molecule has 2 amide bonds. The van der Waals surface area contributed by atoms with Gasteiger partial charge in [-0.2, -0.15) is 5.10 Å². The quantitative estimate of drug-likeness (QED) is 0.649. The minimum atomic E-state index is -0.714. The van der Waals surface area contributed by atoms with Gasteiger partial charge in [0, 0.05) is 21.3 Å². The molecule has 3 aromatic rings. The minimum Gasteiger partial charge on any atom is -0.326 e. The maximum Gasteiger partial charge on any atom is 0.251 e. The largest absolute Gasteiger partial charge is 0.326 e. The highest BCUT2D eigenvalue weighted by atomic mass is 35.5. The lowest BCUT2D eigenvalue weighted by molar-refractivity contribution is -0.123. The van der Waals surface area contributed by atoms with Crippen molar-refractivity contribution in [3.63, 3.8) is 0 Å². The number of aromatic nitrogens is 2. The number of carbonyl (C=O) groups excluding carboxylic acids is 2. The van der Waals surface area contributed by atoms with Crippen LogP contribution in [0.4, 0.5) is 11.5 Å². The molecule has 4 rings (SSSR count). The smallest absolute Gasteiger partial charge is 0.251 e. The molecule has 0 spiro atoms. The SMILES string of the molecule is Cc1nn2c(c1-c1ccc(Cl)cc1)NC(=O)C2CC(=O)Nc1cccc(Cl)c1. The van der Waals surface area contributed by atoms with E-state index in [1.54, 1.807) is 41.1 Å². The van der Waals surface area contributed by atoms with Crippen LogP contribution in [-0.4, -0.2) is 21.6 Å². The Labute approximate surface area is 171 Å². The average molecular weight is 415 g/mol. The molecular weight excluding hydrogens is 399 g/mol. The zero-order chi connectivity index (χ0) is 19.8. The van der Waals surface area contributed by atoms with E-state index >= 15 is 0 Å². The Hall–Kier alpha value is -2.83. The summed E-state index contributed by atoms with van der Waals surface area (Å²) < 4.78 is 1.58. The monoisotopic (exact) mass is 414 g/mol. The van der Waals surface area contributed by atoms with E-state index < -0.39 is 6.04 Å². The molecule has 1 aromatic heterocycles. The van der Waals surface area contributed by atoms with Crippen LogP contribution in [0.2, 0.25) is 10.0 Å². The Kier molecular flexibility index (Phi) is 4.83. The first kappa shape index (κ1) is 18.5. The molecule has 0 saturated carbocycles. The highest BCUT2D eigenvalue weighted by Crippen LogP contribution is 2.38. The molecule has 6 nitrogen and oxygen atoms in total. The molecule has 142 valence electrons. The summed E-state index contributed by atoms with van der Waals surface area (Å²) in [5.41, 5.74) is 3.06. The first-order chi connectivity index (χ1) is 13.4. The zero-order valence-corrected chi connectivity index (χ0v) is 16.4. The van der Waals surface area contributed by atoms with Gasteiger partial charge in [0.25, 0.3) is 5.91 Å². The number of fused-ring (bicyclic) bond motifs is 1. The van der Waals surface area contributed by atoms with Crippen molar-refractivity contribution in [2.75, 3.05) is 10.6 Å². The second-order valence-corrected chi connectivity index (χ2v) is 7.40. The number of amides is 2. The molecule has 0 saturated heterocycles. The third-order valence-electron chi connectivity index (χ3n) is 4.54. The molecule has 0 aliphatic carbocycles. The molecule has 1 atom stereocenters. The molecule has 0 radical (unpaired) electrons. The van der Waals surface area contributed by atoms with Gasteiger partial charge in [-0.1, -0.05) is 41.4 Å². The molecule has 2 heterocycles. The highest BCUT2D eigenvalue weighted by Gasteiger charge is 2.36. The molecule has 1 aliphatic rings. The van der Waals surface area contributed by atoms with Crippen LogP contribution < -0.4 is 10.6 Å². The molecular formula is C20H16Cl2N4O2. The molecule has 2 aromatic carbocycles. The number of nitrogens with one attached hydrogen (secondary N) is 2. The molecule has 0 fully saturated rings. The Bertz CT molecular complexity index is 1080. The first-order valence-corrected chi connectivity index (χ1v) is 9.39. The Morgan fingerprint density at radius 3 is 2.64 bits per heavy atom. The standard InChI is InChI=1S/C20H16Cl2N4O2/c1-11-18(12-5-7-13(21)8-6-12)19-24-20(28)16(26(19)25-11)10-17(27)23-15-4-2-3-14(22)9-15/h2-9,16H,10H2,1H3,(H,23,27)(H,24,28). The number of halogens is 2. The Balaban J connectivity index is 1.58. The van der Waals surface area contributed by atoms with Gasteiger partial charge in [0.15, 0.2) is 0 Å². The number of aryl methyl sites for hydroxylation is 1. The van der Waals surface area contributed by atoms with Crippen LogP contribution in [0.3, 0.4) is 0 Å². The number of nitrogens with zero attached hydrogens (tertiary/aromatic N) is 2. The third kappa shape index (κ3) is 3.48. The summed E-state index contributed by atoms with van der Waals surface area (Å²) in [6.45, 7) is 1.87. The zero-order valence-electron chi connectivity index (χ0n) is 14.9. The van der Waals surface area contributed by atoms with Crippen molar-refractivity contribution in [3.8, 4) is 11.1 Å². The lowest BCUT2D eigenvalue weighted by Gasteiger charge is -2.10. The van der Waals surface area contributed by atoms with Crippen LogP contribution >= 0.6 is 23.2 Å². The minimum absolute atomic E-state index is 0.0352. The summed E-state index contributed by atoms with van der Waals surface area (Å²) in [5, 5.41) is 11.3. The number of carbonyl (C=O) groups is 2. The number of anilines is 2. The van der Waals surface area contributed by atoms with Crippen LogP contribution in [0.25, 0.3) is 11.1 Å². The van der Waals surface area contributed by atoms with E-state index in [-0.39, 0.29) is 18.2 Å². The normalized spacial score (nSPS) is 15.2. The number of benzene rings is 2. The van der Waals surface area contributed by atoms with E-state index in [1.807, 2.05) is 19.1 Å². The van der Waals surface area contributed by atoms with Crippen molar-refractivity contribution in [2.24, 2.45) is 0 Å². The molecule has 0 bridgehead atoms. The average Bonchev–Trinajstić information content (AvgIpc) is 3.10. The molecule has 1 aliphatic heterocycles. The van der Waals surface area contributed by atoms with Crippen molar-refractivity contribution < 1.29 is 9.59 Å². The summed E-state index contributed by atoms with van der Waals surface area (Å²) in [4.78, 5) is 24.9. The molecule has 1 unspecified atom stereocenters. The van der Waals surface area contributed by atoms with Crippen molar-refractivity contribution in [1.29, 1.82) is 0 Å². The summed E-state index contributed by atoms with van der Waals surface area (Å²) in [6, 6.07) is 13.5. The molecule has 28 heavy (non-hydrogen) atoms. The fraction of sp³-hybridized carbons (Fsp3) is 0.150. The van der Waals surface area contributed by atoms with Gasteiger partial charge in [-0.25, -0.2) is 4.68 Å². The summed E-state index contributed by atoms with van der Waals surface area (Å²) >= 11 is 11.9. The summed E-state index contributed by atoms with van der Waals surface area (Å²) in [5.74, 6) is 0.0285. The summed E-state index contributed by atoms with van der Waals surface area (Å²) in [7, 11) is 0. The van der Waals surface area contributed by atoms with Crippen LogP contribution in [0.1, 0.15) is 18.2 Å². The Morgan fingerprint density at radius 1 is 1.18 bits per heavy atom. The van der Waals surface area contributed by atoms with Gasteiger partial charge in [0.2, 0.25) is 5.91 Å². The van der Waals surface area contributed by atoms with Crippen molar-refractivity contribution in [1.82, 2.24) is 9.78 Å². The van der Waals surface area contributed by atoms with Crippen LogP contribution in [0.5, 0.6) is 0 Å². The second-order valence-electron chi connectivity index (χ2n) is 6.53. The second kappa shape index (κ2) is 7.30. The summed E-state index contributed by atoms with van der Waals surface area (Å²) in [6.07, 6.45) is -0.0352. The van der Waals surface area contributed by atoms with Gasteiger partial charge in [-0.3, -0.25) is 9.59 Å². The maximum atomic E-state index is 12.5. The maximum absolute atomic E-state index is 12.5. The van der Waals surface area contributed by atoms with E-state index in [4.69, 9.17) is 23.2 Å². The first-order valence-electron chi connectivity index (χ1n) is 8.63. The number of hydrogen-bond acceptors (Lipinski definition) is 3. The van der Waals surface area contributed by atoms with Crippen LogP contribution in [0, 0.1) is 6.92 Å². The van der Waals surface area contributed by atoms with Crippen molar-refractivity contribution >= 4 is 46.5 Å². The lowest BCUT2D eigenvalue weighted by atomic mass is 10.1. The molecule has 2 N–H and O–H groups in total. The van der Waals surface area contributed by atoms with Gasteiger partial charge < -0.3 is 10.6 Å². The van der Waals surface area contributed by atoms with E-state index in [9.17, 15) is 9.59 Å². The predicted octanol–water partition coefficient (Wildman–Crippen LogP) is 4.69. The van der Waals surface area contributed by atoms with Gasteiger partial charge in [0.1, 0.15) is 11.9 Å². The van der Waals surface area contributed by atoms with E-state index in [1.165, 1.54) is 0 Å². The molecule has 8 heteroatoms. The van der Waals surface area contributed by atoms with Crippen molar-refractivity contribution in [3.05, 3.63) is 64.3 Å². The fourth-order valence-corrected chi connectivity index (χ4v) is 3.62. The van der Waals surface area contributed by atoms with Gasteiger partial charge in [-0.05, 0) is 42.8 Å². The van der Waals surface area contributed by atoms with Gasteiger partial charge in [0.05, 0.1) is 12.1 Å². The third-order valence-corrected chi connectivity index (χ3v) is 5.03. The van der Waals surface area contributed by atoms with Gasteiger partial charge in [-0.15, -0.1) is 0 Å². The van der Waals surface area contributed by atoms with Crippen LogP contribution in [-0.2, 0) is 9.59 Å². The van der Waals surface area contributed by atoms with Crippen molar-refractivity contribution in [2.45, 2.75) is 19.4 Å². The van der Waals surface area contributed by atoms with Gasteiger partial charge >= 0.3 is 0 Å².